The van der Waals surface area contributed by atoms with Gasteiger partial charge in [0, 0.05) is 38.1 Å². The van der Waals surface area contributed by atoms with Crippen molar-refractivity contribution >= 4 is 11.6 Å². The van der Waals surface area contributed by atoms with Crippen LogP contribution in [0.15, 0.2) is 29.4 Å². The number of imidazole rings is 1. The zero-order valence-electron chi connectivity index (χ0n) is 14.8. The van der Waals surface area contributed by atoms with E-state index in [9.17, 15) is 13.2 Å². The van der Waals surface area contributed by atoms with E-state index in [-0.39, 0.29) is 6.04 Å². The molecule has 1 saturated heterocycles. The number of alkyl halides is 3. The van der Waals surface area contributed by atoms with Crippen molar-refractivity contribution in [1.82, 2.24) is 24.9 Å². The summed E-state index contributed by atoms with van der Waals surface area (Å²) in [5, 5.41) is 6.37. The molecule has 0 bridgehead atoms. The fourth-order valence-corrected chi connectivity index (χ4v) is 3.19. The Kier molecular flexibility index (Phi) is 5.36. The lowest BCUT2D eigenvalue weighted by Crippen LogP contribution is -2.44. The highest BCUT2D eigenvalue weighted by molar-refractivity contribution is 5.80. The second-order valence-electron chi connectivity index (χ2n) is 6.53. The number of pyridine rings is 1. The summed E-state index contributed by atoms with van der Waals surface area (Å²) in [5.41, 5.74) is 2.84. The van der Waals surface area contributed by atoms with Gasteiger partial charge in [-0.2, -0.15) is 13.2 Å². The molecule has 1 aliphatic heterocycles. The molecule has 142 valence electrons. The van der Waals surface area contributed by atoms with Crippen LogP contribution in [-0.2, 0) is 6.54 Å². The van der Waals surface area contributed by atoms with E-state index < -0.39 is 12.7 Å². The number of rotatable bonds is 4. The highest BCUT2D eigenvalue weighted by Gasteiger charge is 2.34. The first-order valence-corrected chi connectivity index (χ1v) is 8.54. The zero-order valence-corrected chi connectivity index (χ0v) is 14.8. The summed E-state index contributed by atoms with van der Waals surface area (Å²) in [6.45, 7) is 2.42. The Morgan fingerprint density at radius 2 is 2.19 bits per heavy atom. The van der Waals surface area contributed by atoms with Crippen LogP contribution < -0.4 is 10.6 Å². The number of hydrogen-bond donors (Lipinski definition) is 2. The normalized spacial score (nSPS) is 19.3. The van der Waals surface area contributed by atoms with Crippen molar-refractivity contribution in [3.63, 3.8) is 0 Å². The van der Waals surface area contributed by atoms with E-state index in [0.29, 0.717) is 32.0 Å². The Morgan fingerprint density at radius 1 is 1.38 bits per heavy atom. The largest absolute Gasteiger partial charge is 0.401 e. The standard InChI is InChI=1S/C17H23F3N6/c1-12-4-3-5-15-23-14(10-26(12)15)8-22-16(21-2)24-13-6-7-25(9-13)11-17(18,19)20/h3-5,10,13H,6-9,11H2,1-2H3,(H2,21,22,24). The van der Waals surface area contributed by atoms with Gasteiger partial charge in [-0.05, 0) is 25.5 Å². The van der Waals surface area contributed by atoms with Crippen LogP contribution in [-0.4, -0.2) is 59.1 Å². The minimum Gasteiger partial charge on any atom is -0.352 e. The predicted octanol–water partition coefficient (Wildman–Crippen LogP) is 1.94. The Labute approximate surface area is 150 Å². The number of aryl methyl sites for hydroxylation is 1. The van der Waals surface area contributed by atoms with Gasteiger partial charge in [0.1, 0.15) is 5.65 Å². The minimum atomic E-state index is -4.16. The lowest BCUT2D eigenvalue weighted by molar-refractivity contribution is -0.143. The number of hydrogen-bond acceptors (Lipinski definition) is 3. The molecule has 0 amide bonds. The summed E-state index contributed by atoms with van der Waals surface area (Å²) in [5.74, 6) is 0.567. The molecule has 0 saturated carbocycles. The number of nitrogens with one attached hydrogen (secondary N) is 2. The van der Waals surface area contributed by atoms with Crippen molar-refractivity contribution in [2.24, 2.45) is 4.99 Å². The van der Waals surface area contributed by atoms with Gasteiger partial charge in [-0.25, -0.2) is 4.98 Å². The molecule has 6 nitrogen and oxygen atoms in total. The summed E-state index contributed by atoms with van der Waals surface area (Å²) in [6, 6.07) is 5.87. The van der Waals surface area contributed by atoms with Gasteiger partial charge < -0.3 is 15.0 Å². The molecule has 2 N–H and O–H groups in total. The maximum atomic E-state index is 12.5. The van der Waals surface area contributed by atoms with Crippen LogP contribution in [0.4, 0.5) is 13.2 Å². The van der Waals surface area contributed by atoms with Crippen molar-refractivity contribution in [2.45, 2.75) is 32.1 Å². The molecule has 0 aromatic carbocycles. The van der Waals surface area contributed by atoms with E-state index in [1.54, 1.807) is 7.05 Å². The molecule has 3 heterocycles. The van der Waals surface area contributed by atoms with Gasteiger partial charge in [0.05, 0.1) is 18.8 Å². The van der Waals surface area contributed by atoms with E-state index in [1.807, 2.05) is 35.7 Å². The molecule has 26 heavy (non-hydrogen) atoms. The average Bonchev–Trinajstić information content (AvgIpc) is 3.17. The summed E-state index contributed by atoms with van der Waals surface area (Å²) >= 11 is 0. The molecule has 1 unspecified atom stereocenters. The molecule has 0 radical (unpaired) electrons. The third kappa shape index (κ3) is 4.66. The van der Waals surface area contributed by atoms with Crippen LogP contribution in [0.25, 0.3) is 5.65 Å². The Bertz CT molecular complexity index is 782. The molecule has 1 atom stereocenters. The first-order chi connectivity index (χ1) is 12.3. The third-order valence-electron chi connectivity index (χ3n) is 4.42. The third-order valence-corrected chi connectivity index (χ3v) is 4.42. The number of likely N-dealkylation sites (tertiary alicyclic amines) is 1. The van der Waals surface area contributed by atoms with Gasteiger partial charge in [0.15, 0.2) is 5.96 Å². The highest BCUT2D eigenvalue weighted by atomic mass is 19.4. The summed E-state index contributed by atoms with van der Waals surface area (Å²) in [4.78, 5) is 10.1. The molecule has 0 aliphatic carbocycles. The van der Waals surface area contributed by atoms with Crippen molar-refractivity contribution in [2.75, 3.05) is 26.7 Å². The van der Waals surface area contributed by atoms with Crippen LogP contribution in [0.2, 0.25) is 0 Å². The van der Waals surface area contributed by atoms with Gasteiger partial charge >= 0.3 is 6.18 Å². The van der Waals surface area contributed by atoms with Gasteiger partial charge in [-0.1, -0.05) is 6.07 Å². The Balaban J connectivity index is 1.53. The lowest BCUT2D eigenvalue weighted by Gasteiger charge is -2.19. The van der Waals surface area contributed by atoms with Crippen molar-refractivity contribution in [3.05, 3.63) is 35.8 Å². The monoisotopic (exact) mass is 368 g/mol. The fourth-order valence-electron chi connectivity index (χ4n) is 3.19. The maximum Gasteiger partial charge on any atom is 0.401 e. The van der Waals surface area contributed by atoms with Crippen LogP contribution >= 0.6 is 0 Å². The molecule has 3 rings (SSSR count). The van der Waals surface area contributed by atoms with Crippen LogP contribution in [0.5, 0.6) is 0 Å². The molecule has 2 aromatic rings. The quantitative estimate of drug-likeness (QED) is 0.640. The number of fused-ring (bicyclic) bond motifs is 1. The van der Waals surface area contributed by atoms with E-state index in [4.69, 9.17) is 0 Å². The second kappa shape index (κ2) is 7.53. The maximum absolute atomic E-state index is 12.5. The second-order valence-corrected chi connectivity index (χ2v) is 6.53. The van der Waals surface area contributed by atoms with Gasteiger partial charge in [-0.15, -0.1) is 0 Å². The Morgan fingerprint density at radius 3 is 2.88 bits per heavy atom. The molecular formula is C17H23F3N6. The first-order valence-electron chi connectivity index (χ1n) is 8.54. The molecule has 9 heteroatoms. The number of halogens is 3. The van der Waals surface area contributed by atoms with Crippen molar-refractivity contribution in [3.8, 4) is 0 Å². The fraction of sp³-hybridized carbons (Fsp3) is 0.529. The molecular weight excluding hydrogens is 345 g/mol. The highest BCUT2D eigenvalue weighted by Crippen LogP contribution is 2.19. The van der Waals surface area contributed by atoms with Crippen LogP contribution in [0, 0.1) is 6.92 Å². The van der Waals surface area contributed by atoms with E-state index in [1.165, 1.54) is 4.90 Å². The van der Waals surface area contributed by atoms with E-state index in [2.05, 4.69) is 20.6 Å². The van der Waals surface area contributed by atoms with E-state index in [0.717, 1.165) is 17.0 Å². The summed E-state index contributed by atoms with van der Waals surface area (Å²) in [7, 11) is 1.64. The summed E-state index contributed by atoms with van der Waals surface area (Å²) in [6.07, 6.45) is -1.54. The lowest BCUT2D eigenvalue weighted by atomic mass is 10.3. The van der Waals surface area contributed by atoms with Gasteiger partial charge in [-0.3, -0.25) is 9.89 Å². The minimum absolute atomic E-state index is 0.0492. The molecule has 0 spiro atoms. The van der Waals surface area contributed by atoms with Crippen molar-refractivity contribution in [1.29, 1.82) is 0 Å². The van der Waals surface area contributed by atoms with Crippen LogP contribution in [0.3, 0.4) is 0 Å². The Hall–Kier alpha value is -2.29. The number of aliphatic imine (C=N–C) groups is 1. The van der Waals surface area contributed by atoms with Crippen LogP contribution in [0.1, 0.15) is 17.8 Å². The van der Waals surface area contributed by atoms with E-state index >= 15 is 0 Å². The molecule has 2 aromatic heterocycles. The van der Waals surface area contributed by atoms with Gasteiger partial charge in [0.25, 0.3) is 0 Å². The topological polar surface area (TPSA) is 57.0 Å². The van der Waals surface area contributed by atoms with Gasteiger partial charge in [0.2, 0.25) is 0 Å². The first kappa shape index (κ1) is 18.5. The smallest absolute Gasteiger partial charge is 0.352 e. The summed E-state index contributed by atoms with van der Waals surface area (Å²) < 4.78 is 39.5. The molecule has 1 aliphatic rings. The van der Waals surface area contributed by atoms with Crippen molar-refractivity contribution < 1.29 is 13.2 Å². The number of aromatic nitrogens is 2. The number of guanidine groups is 1. The SMILES string of the molecule is CN=C(NCc1cn2c(C)cccc2n1)NC1CCN(CC(F)(F)F)C1. The number of nitrogens with zero attached hydrogens (tertiary/aromatic N) is 4. The zero-order chi connectivity index (χ0) is 18.7. The average molecular weight is 368 g/mol. The predicted molar refractivity (Wildman–Crippen MR) is 94.2 cm³/mol. The molecule has 1 fully saturated rings.